The minimum absolute atomic E-state index is 0.0429. The van der Waals surface area contributed by atoms with Gasteiger partial charge in [-0.15, -0.1) is 11.3 Å². The van der Waals surface area contributed by atoms with Crippen molar-refractivity contribution in [3.05, 3.63) is 22.4 Å². The highest BCUT2D eigenvalue weighted by molar-refractivity contribution is 7.12. The van der Waals surface area contributed by atoms with Crippen LogP contribution in [-0.4, -0.2) is 30.6 Å². The number of hydrogen-bond acceptors (Lipinski definition) is 5. The summed E-state index contributed by atoms with van der Waals surface area (Å²) >= 11 is 1.43. The van der Waals surface area contributed by atoms with Crippen LogP contribution in [0.25, 0.3) is 0 Å². The van der Waals surface area contributed by atoms with Gasteiger partial charge in [0.25, 0.3) is 0 Å². The summed E-state index contributed by atoms with van der Waals surface area (Å²) in [6, 6.07) is 3.68. The zero-order valence-electron chi connectivity index (χ0n) is 8.87. The Morgan fingerprint density at radius 1 is 1.47 bits per heavy atom. The normalized spacial score (nSPS) is 42.4. The molecule has 3 heterocycles. The summed E-state index contributed by atoms with van der Waals surface area (Å²) in [6.45, 7) is 0.450. The number of Topliss-reactive ketones (excluding diaryl/α,β-unsaturated/α-hetero) is 2. The van der Waals surface area contributed by atoms with Crippen molar-refractivity contribution in [3.63, 3.8) is 0 Å². The molecule has 1 aliphatic carbocycles. The number of ether oxygens (including phenoxy) is 2. The Hall–Kier alpha value is -1.04. The zero-order chi connectivity index (χ0) is 11.6. The van der Waals surface area contributed by atoms with Crippen LogP contribution in [0.1, 0.15) is 9.67 Å². The summed E-state index contributed by atoms with van der Waals surface area (Å²) < 4.78 is 10.7. The fraction of sp³-hybridized carbons (Fsp3) is 0.500. The van der Waals surface area contributed by atoms with Crippen LogP contribution in [0, 0.1) is 17.8 Å². The minimum Gasteiger partial charge on any atom is -0.343 e. The van der Waals surface area contributed by atoms with Gasteiger partial charge in [0.2, 0.25) is 6.29 Å². The molecule has 2 bridgehead atoms. The van der Waals surface area contributed by atoms with Crippen LogP contribution in [0.15, 0.2) is 17.5 Å². The van der Waals surface area contributed by atoms with Gasteiger partial charge in [-0.1, -0.05) is 6.07 Å². The number of fused-ring (bicyclic) bond motifs is 4. The summed E-state index contributed by atoms with van der Waals surface area (Å²) in [6.07, 6.45) is -0.765. The monoisotopic (exact) mass is 250 g/mol. The fourth-order valence-corrected chi connectivity index (χ4v) is 3.73. The second-order valence-corrected chi connectivity index (χ2v) is 5.66. The molecule has 4 rings (SSSR count). The third-order valence-electron chi connectivity index (χ3n) is 3.84. The van der Waals surface area contributed by atoms with Gasteiger partial charge in [0.05, 0.1) is 17.6 Å². The number of carbonyl (C=O) groups excluding carboxylic acids is 2. The Kier molecular flexibility index (Phi) is 1.90. The largest absolute Gasteiger partial charge is 0.343 e. The van der Waals surface area contributed by atoms with E-state index >= 15 is 0 Å². The molecular formula is C12H10O4S. The van der Waals surface area contributed by atoms with Crippen molar-refractivity contribution in [1.29, 1.82) is 0 Å². The highest BCUT2D eigenvalue weighted by Gasteiger charge is 2.68. The fourth-order valence-electron chi connectivity index (χ4n) is 3.01. The Morgan fingerprint density at radius 3 is 3.12 bits per heavy atom. The van der Waals surface area contributed by atoms with E-state index in [1.54, 1.807) is 0 Å². The average molecular weight is 250 g/mol. The molecule has 2 aliphatic heterocycles. The first-order valence-electron chi connectivity index (χ1n) is 5.66. The lowest BCUT2D eigenvalue weighted by molar-refractivity contribution is -0.153. The molecule has 0 spiro atoms. The van der Waals surface area contributed by atoms with Crippen LogP contribution in [0.5, 0.6) is 0 Å². The van der Waals surface area contributed by atoms with Gasteiger partial charge < -0.3 is 9.47 Å². The van der Waals surface area contributed by atoms with Gasteiger partial charge in [0.1, 0.15) is 0 Å². The summed E-state index contributed by atoms with van der Waals surface area (Å²) in [5.41, 5.74) is 0. The van der Waals surface area contributed by atoms with E-state index in [9.17, 15) is 9.59 Å². The first-order valence-corrected chi connectivity index (χ1v) is 6.54. The standard InChI is InChI=1S/C12H10O4S/c13-10(6-2-1-3-17-6)8-7-5-4-15-12(16-5)11(14)9(7)8/h1-3,5,7-9,12H,4H2/t5-,7+,8+,9+,12-/m1/s1. The lowest BCUT2D eigenvalue weighted by atomic mass is 10.1. The van der Waals surface area contributed by atoms with Crippen molar-refractivity contribution >= 4 is 22.9 Å². The van der Waals surface area contributed by atoms with Crippen LogP contribution >= 0.6 is 11.3 Å². The topological polar surface area (TPSA) is 52.6 Å². The van der Waals surface area contributed by atoms with Crippen molar-refractivity contribution < 1.29 is 19.1 Å². The number of rotatable bonds is 2. The van der Waals surface area contributed by atoms with Crippen LogP contribution < -0.4 is 0 Å². The van der Waals surface area contributed by atoms with Crippen LogP contribution in [0.3, 0.4) is 0 Å². The molecule has 3 fully saturated rings. The molecule has 1 aromatic rings. The molecule has 17 heavy (non-hydrogen) atoms. The molecule has 0 amide bonds. The predicted molar refractivity (Wildman–Crippen MR) is 58.7 cm³/mol. The highest BCUT2D eigenvalue weighted by atomic mass is 32.1. The van der Waals surface area contributed by atoms with Gasteiger partial charge in [0.15, 0.2) is 11.6 Å². The Labute approximate surface area is 102 Å². The summed E-state index contributed by atoms with van der Waals surface area (Å²) in [5.74, 6) is -0.218. The number of thiophene rings is 1. The van der Waals surface area contributed by atoms with E-state index in [4.69, 9.17) is 9.47 Å². The smallest absolute Gasteiger partial charge is 0.218 e. The lowest BCUT2D eigenvalue weighted by Crippen LogP contribution is -2.30. The van der Waals surface area contributed by atoms with Crippen LogP contribution in [0.2, 0.25) is 0 Å². The SMILES string of the molecule is O=C(c1cccs1)[C@@H]1[C@H]2C(=O)[C@@H]3OC[C@@H](O3)[C@@H]12. The first kappa shape index (κ1) is 9.94. The van der Waals surface area contributed by atoms with Gasteiger partial charge in [-0.25, -0.2) is 0 Å². The van der Waals surface area contributed by atoms with Crippen LogP contribution in [0.4, 0.5) is 0 Å². The van der Waals surface area contributed by atoms with E-state index in [1.807, 2.05) is 17.5 Å². The van der Waals surface area contributed by atoms with Crippen molar-refractivity contribution in [3.8, 4) is 0 Å². The molecular weight excluding hydrogens is 240 g/mol. The minimum atomic E-state index is -0.706. The van der Waals surface area contributed by atoms with Crippen molar-refractivity contribution in [2.45, 2.75) is 12.4 Å². The molecule has 0 N–H and O–H groups in total. The average Bonchev–Trinajstić information content (AvgIpc) is 2.77. The summed E-state index contributed by atoms with van der Waals surface area (Å²) in [7, 11) is 0. The molecule has 5 atom stereocenters. The van der Waals surface area contributed by atoms with Gasteiger partial charge in [0, 0.05) is 17.8 Å². The molecule has 0 unspecified atom stereocenters. The number of hydrogen-bond donors (Lipinski definition) is 0. The van der Waals surface area contributed by atoms with E-state index in [2.05, 4.69) is 0 Å². The maximum Gasteiger partial charge on any atom is 0.218 e. The van der Waals surface area contributed by atoms with E-state index in [-0.39, 0.29) is 35.4 Å². The second-order valence-electron chi connectivity index (χ2n) is 4.71. The second kappa shape index (κ2) is 3.25. The maximum absolute atomic E-state index is 12.2. The van der Waals surface area contributed by atoms with Gasteiger partial charge >= 0.3 is 0 Å². The molecule has 5 heteroatoms. The van der Waals surface area contributed by atoms with E-state index in [0.717, 1.165) is 4.88 Å². The van der Waals surface area contributed by atoms with Crippen molar-refractivity contribution in [2.75, 3.05) is 6.61 Å². The van der Waals surface area contributed by atoms with Gasteiger partial charge in [-0.2, -0.15) is 0 Å². The van der Waals surface area contributed by atoms with Gasteiger partial charge in [-0.05, 0) is 11.4 Å². The third-order valence-corrected chi connectivity index (χ3v) is 4.73. The van der Waals surface area contributed by atoms with Crippen LogP contribution in [-0.2, 0) is 14.3 Å². The van der Waals surface area contributed by atoms with E-state index in [1.165, 1.54) is 11.3 Å². The zero-order valence-corrected chi connectivity index (χ0v) is 9.68. The van der Waals surface area contributed by atoms with Gasteiger partial charge in [-0.3, -0.25) is 9.59 Å². The predicted octanol–water partition coefficient (Wildman–Crippen LogP) is 1.12. The Bertz CT molecular complexity index is 495. The lowest BCUT2D eigenvalue weighted by Gasteiger charge is -2.14. The van der Waals surface area contributed by atoms with Crippen molar-refractivity contribution in [2.24, 2.45) is 17.8 Å². The third kappa shape index (κ3) is 1.24. The van der Waals surface area contributed by atoms with Crippen molar-refractivity contribution in [1.82, 2.24) is 0 Å². The molecule has 2 saturated heterocycles. The molecule has 0 radical (unpaired) electrons. The summed E-state index contributed by atoms with van der Waals surface area (Å²) in [5, 5.41) is 1.88. The molecule has 88 valence electrons. The quantitative estimate of drug-likeness (QED) is 0.738. The molecule has 4 nitrogen and oxygen atoms in total. The first-order chi connectivity index (χ1) is 8.27. The van der Waals surface area contributed by atoms with E-state index in [0.29, 0.717) is 6.61 Å². The molecule has 3 aliphatic rings. The molecule has 1 saturated carbocycles. The summed E-state index contributed by atoms with van der Waals surface area (Å²) in [4.78, 5) is 24.9. The Balaban J connectivity index is 1.63. The number of ketones is 2. The van der Waals surface area contributed by atoms with E-state index < -0.39 is 6.29 Å². The highest BCUT2D eigenvalue weighted by Crippen LogP contribution is 2.57. The maximum atomic E-state index is 12.2. The number of carbonyl (C=O) groups is 2. The molecule has 0 aromatic carbocycles. The Morgan fingerprint density at radius 2 is 2.35 bits per heavy atom. The molecule has 1 aromatic heterocycles.